The van der Waals surface area contributed by atoms with Gasteiger partial charge in [-0.2, -0.15) is 0 Å². The number of nitrogens with zero attached hydrogens (tertiary/aromatic N) is 3. The zero-order chi connectivity index (χ0) is 18.8. The molecule has 0 saturated heterocycles. The molecule has 0 aliphatic rings. The molecule has 2 heterocycles. The second-order valence-corrected chi connectivity index (χ2v) is 6.17. The molecule has 27 heavy (non-hydrogen) atoms. The Morgan fingerprint density at radius 3 is 2.48 bits per heavy atom. The van der Waals surface area contributed by atoms with Gasteiger partial charge in [-0.1, -0.05) is 29.8 Å². The van der Waals surface area contributed by atoms with E-state index in [1.54, 1.807) is 43.6 Å². The molecule has 7 heteroatoms. The Morgan fingerprint density at radius 2 is 1.74 bits per heavy atom. The molecular formula is C20H15ClN4O2. The van der Waals surface area contributed by atoms with Crippen molar-refractivity contribution in [3.63, 3.8) is 0 Å². The summed E-state index contributed by atoms with van der Waals surface area (Å²) in [6.45, 7) is 0. The third-order valence-corrected chi connectivity index (χ3v) is 4.36. The van der Waals surface area contributed by atoms with E-state index in [1.807, 2.05) is 24.3 Å². The van der Waals surface area contributed by atoms with Crippen LogP contribution in [0.3, 0.4) is 0 Å². The first-order valence-electron chi connectivity index (χ1n) is 8.21. The summed E-state index contributed by atoms with van der Waals surface area (Å²) >= 11 is 6.32. The number of halogens is 1. The normalized spacial score (nSPS) is 10.7. The first-order valence-corrected chi connectivity index (χ1v) is 8.59. The average Bonchev–Trinajstić information content (AvgIpc) is 2.69. The van der Waals surface area contributed by atoms with Crippen molar-refractivity contribution in [3.05, 3.63) is 82.2 Å². The standard InChI is InChI=1S/C20H15ClN4O2/c1-27-13-9-10-14(21)17(12-13)23-19-20(25-11-5-4-8-18(25)26)24-16-7-3-2-6-15(16)22-19/h2-12H,1H3,(H,22,23). The van der Waals surface area contributed by atoms with Gasteiger partial charge in [-0.3, -0.25) is 9.36 Å². The van der Waals surface area contributed by atoms with Crippen LogP contribution in [0.1, 0.15) is 0 Å². The molecule has 0 saturated carbocycles. The van der Waals surface area contributed by atoms with Crippen molar-refractivity contribution in [1.29, 1.82) is 0 Å². The maximum atomic E-state index is 12.3. The smallest absolute Gasteiger partial charge is 0.256 e. The van der Waals surface area contributed by atoms with Crippen LogP contribution in [0.15, 0.2) is 71.7 Å². The van der Waals surface area contributed by atoms with Crippen LogP contribution in [0.4, 0.5) is 11.5 Å². The van der Waals surface area contributed by atoms with Gasteiger partial charge in [0.2, 0.25) is 0 Å². The Bertz CT molecular complexity index is 1190. The molecule has 0 radical (unpaired) electrons. The second kappa shape index (κ2) is 7.09. The van der Waals surface area contributed by atoms with E-state index in [1.165, 1.54) is 10.6 Å². The summed E-state index contributed by atoms with van der Waals surface area (Å²) in [4.78, 5) is 21.6. The van der Waals surface area contributed by atoms with Crippen LogP contribution in [0, 0.1) is 0 Å². The van der Waals surface area contributed by atoms with Crippen molar-refractivity contribution >= 4 is 34.1 Å². The van der Waals surface area contributed by atoms with Crippen LogP contribution in [-0.2, 0) is 0 Å². The first kappa shape index (κ1) is 17.1. The zero-order valence-electron chi connectivity index (χ0n) is 14.4. The number of rotatable bonds is 4. The van der Waals surface area contributed by atoms with Crippen molar-refractivity contribution in [2.24, 2.45) is 0 Å². The summed E-state index contributed by atoms with van der Waals surface area (Å²) in [5.74, 6) is 1.45. The lowest BCUT2D eigenvalue weighted by Crippen LogP contribution is -2.19. The van der Waals surface area contributed by atoms with Crippen LogP contribution in [0.25, 0.3) is 16.9 Å². The SMILES string of the molecule is COc1ccc(Cl)c(Nc2nc3ccccc3nc2-n2ccccc2=O)c1. The molecule has 134 valence electrons. The molecule has 1 N–H and O–H groups in total. The number of aromatic nitrogens is 3. The molecule has 2 aromatic heterocycles. The number of anilines is 2. The molecule has 0 fully saturated rings. The number of methoxy groups -OCH3 is 1. The van der Waals surface area contributed by atoms with E-state index in [-0.39, 0.29) is 5.56 Å². The highest BCUT2D eigenvalue weighted by atomic mass is 35.5. The highest BCUT2D eigenvalue weighted by Gasteiger charge is 2.14. The number of para-hydroxylation sites is 2. The summed E-state index contributed by atoms with van der Waals surface area (Å²) in [5, 5.41) is 3.69. The number of hydrogen-bond acceptors (Lipinski definition) is 5. The fraction of sp³-hybridized carbons (Fsp3) is 0.0500. The quantitative estimate of drug-likeness (QED) is 0.576. The monoisotopic (exact) mass is 378 g/mol. The van der Waals surface area contributed by atoms with Gasteiger partial charge in [0, 0.05) is 18.3 Å². The fourth-order valence-corrected chi connectivity index (χ4v) is 2.86. The van der Waals surface area contributed by atoms with Crippen molar-refractivity contribution < 1.29 is 4.74 Å². The minimum absolute atomic E-state index is 0.207. The van der Waals surface area contributed by atoms with E-state index in [2.05, 4.69) is 15.3 Å². The molecule has 6 nitrogen and oxygen atoms in total. The number of nitrogens with one attached hydrogen (secondary N) is 1. The van der Waals surface area contributed by atoms with E-state index in [4.69, 9.17) is 16.3 Å². The van der Waals surface area contributed by atoms with Gasteiger partial charge in [-0.25, -0.2) is 9.97 Å². The summed E-state index contributed by atoms with van der Waals surface area (Å²) < 4.78 is 6.70. The van der Waals surface area contributed by atoms with Gasteiger partial charge in [0.25, 0.3) is 5.56 Å². The summed E-state index contributed by atoms with van der Waals surface area (Å²) in [6.07, 6.45) is 1.65. The average molecular weight is 379 g/mol. The molecular weight excluding hydrogens is 364 g/mol. The summed E-state index contributed by atoms with van der Waals surface area (Å²) in [6, 6.07) is 17.6. The van der Waals surface area contributed by atoms with Gasteiger partial charge in [0.1, 0.15) is 5.75 Å². The van der Waals surface area contributed by atoms with Gasteiger partial charge in [0.15, 0.2) is 11.6 Å². The lowest BCUT2D eigenvalue weighted by atomic mass is 10.2. The number of hydrogen-bond donors (Lipinski definition) is 1. The molecule has 0 atom stereocenters. The van der Waals surface area contributed by atoms with E-state index in [0.29, 0.717) is 39.1 Å². The van der Waals surface area contributed by atoms with Crippen LogP contribution in [-0.4, -0.2) is 21.6 Å². The Labute approximate surface area is 160 Å². The minimum atomic E-state index is -0.207. The van der Waals surface area contributed by atoms with Crippen LogP contribution >= 0.6 is 11.6 Å². The zero-order valence-corrected chi connectivity index (χ0v) is 15.1. The minimum Gasteiger partial charge on any atom is -0.497 e. The molecule has 0 unspecified atom stereocenters. The highest BCUT2D eigenvalue weighted by molar-refractivity contribution is 6.33. The number of benzene rings is 2. The number of pyridine rings is 1. The van der Waals surface area contributed by atoms with E-state index in [0.717, 1.165) is 0 Å². The lowest BCUT2D eigenvalue weighted by molar-refractivity contribution is 0.415. The topological polar surface area (TPSA) is 69.0 Å². The molecule has 4 rings (SSSR count). The van der Waals surface area contributed by atoms with E-state index in [9.17, 15) is 4.79 Å². The fourth-order valence-electron chi connectivity index (χ4n) is 2.70. The summed E-state index contributed by atoms with van der Waals surface area (Å²) in [7, 11) is 1.58. The van der Waals surface area contributed by atoms with Crippen LogP contribution in [0.2, 0.25) is 5.02 Å². The van der Waals surface area contributed by atoms with Crippen molar-refractivity contribution in [2.75, 3.05) is 12.4 Å². The third-order valence-electron chi connectivity index (χ3n) is 4.03. The van der Waals surface area contributed by atoms with Gasteiger partial charge in [-0.05, 0) is 30.3 Å². The third kappa shape index (κ3) is 3.35. The first-order chi connectivity index (χ1) is 13.2. The van der Waals surface area contributed by atoms with Gasteiger partial charge >= 0.3 is 0 Å². The molecule has 4 aromatic rings. The maximum Gasteiger partial charge on any atom is 0.256 e. The Morgan fingerprint density at radius 1 is 1.00 bits per heavy atom. The Balaban J connectivity index is 1.92. The second-order valence-electron chi connectivity index (χ2n) is 5.76. The van der Waals surface area contributed by atoms with Gasteiger partial charge in [-0.15, -0.1) is 0 Å². The number of fused-ring (bicyclic) bond motifs is 1. The molecule has 0 amide bonds. The van der Waals surface area contributed by atoms with Gasteiger partial charge in [0.05, 0.1) is 28.9 Å². The lowest BCUT2D eigenvalue weighted by Gasteiger charge is -2.14. The Hall–Kier alpha value is -3.38. The van der Waals surface area contributed by atoms with E-state index < -0.39 is 0 Å². The maximum absolute atomic E-state index is 12.3. The largest absolute Gasteiger partial charge is 0.497 e. The van der Waals surface area contributed by atoms with Gasteiger partial charge < -0.3 is 10.1 Å². The molecule has 0 aliphatic carbocycles. The summed E-state index contributed by atoms with van der Waals surface area (Å²) in [5.41, 5.74) is 1.78. The Kier molecular flexibility index (Phi) is 4.48. The predicted molar refractivity (Wildman–Crippen MR) is 106 cm³/mol. The molecule has 2 aromatic carbocycles. The molecule has 0 aliphatic heterocycles. The number of ether oxygens (including phenoxy) is 1. The molecule has 0 spiro atoms. The highest BCUT2D eigenvalue weighted by Crippen LogP contribution is 2.31. The predicted octanol–water partition coefficient (Wildman–Crippen LogP) is 4.19. The van der Waals surface area contributed by atoms with E-state index >= 15 is 0 Å². The van der Waals surface area contributed by atoms with Crippen LogP contribution in [0.5, 0.6) is 5.75 Å². The van der Waals surface area contributed by atoms with Crippen molar-refractivity contribution in [1.82, 2.24) is 14.5 Å². The molecule has 0 bridgehead atoms. The van der Waals surface area contributed by atoms with Crippen molar-refractivity contribution in [2.45, 2.75) is 0 Å². The van der Waals surface area contributed by atoms with Crippen molar-refractivity contribution in [3.8, 4) is 11.6 Å². The van der Waals surface area contributed by atoms with Crippen LogP contribution < -0.4 is 15.6 Å².